The summed E-state index contributed by atoms with van der Waals surface area (Å²) >= 11 is 5.32. The van der Waals surface area contributed by atoms with E-state index in [1.165, 1.54) is 0 Å². The van der Waals surface area contributed by atoms with Crippen LogP contribution in [0.2, 0.25) is 0 Å². The molecule has 0 saturated heterocycles. The topological polar surface area (TPSA) is 98.5 Å². The molecular weight excluding hydrogens is 323 g/mol. The van der Waals surface area contributed by atoms with Gasteiger partial charge in [-0.2, -0.15) is 5.26 Å². The number of anilines is 1. The lowest BCUT2D eigenvalue weighted by Crippen LogP contribution is -2.22. The van der Waals surface area contributed by atoms with Gasteiger partial charge in [-0.25, -0.2) is 0 Å². The van der Waals surface area contributed by atoms with E-state index in [1.807, 2.05) is 26.8 Å². The fraction of sp³-hybridized carbons (Fsp3) is 0.571. The van der Waals surface area contributed by atoms with Gasteiger partial charge >= 0.3 is 7.60 Å². The van der Waals surface area contributed by atoms with Crippen molar-refractivity contribution in [3.63, 3.8) is 0 Å². The molecule has 0 aliphatic heterocycles. The van der Waals surface area contributed by atoms with Crippen molar-refractivity contribution >= 4 is 31.0 Å². The molecule has 0 fully saturated rings. The van der Waals surface area contributed by atoms with E-state index in [4.69, 9.17) is 31.4 Å². The Labute approximate surface area is 135 Å². The molecule has 2 N–H and O–H groups in total. The largest absolute Gasteiger partial charge is 0.443 e. The van der Waals surface area contributed by atoms with Crippen molar-refractivity contribution in [1.82, 2.24) is 0 Å². The number of nitrogens with two attached hydrogens (primary N) is 1. The molecule has 0 bridgehead atoms. The van der Waals surface area contributed by atoms with Gasteiger partial charge < -0.3 is 19.2 Å². The molecular formula is C14H21N2O4PS. The van der Waals surface area contributed by atoms with Gasteiger partial charge in [0.2, 0.25) is 5.88 Å². The Balaban J connectivity index is 3.76. The lowest BCUT2D eigenvalue weighted by Gasteiger charge is -2.23. The second-order valence-electron chi connectivity index (χ2n) is 5.54. The van der Waals surface area contributed by atoms with Gasteiger partial charge in [0.05, 0.1) is 17.7 Å². The summed E-state index contributed by atoms with van der Waals surface area (Å²) in [4.78, 5) is 0. The van der Waals surface area contributed by atoms with Crippen LogP contribution in [-0.4, -0.2) is 13.2 Å². The van der Waals surface area contributed by atoms with Crippen LogP contribution in [0.3, 0.4) is 0 Å². The first-order chi connectivity index (χ1) is 10.1. The molecule has 0 aromatic carbocycles. The highest BCUT2D eigenvalue weighted by Gasteiger charge is 2.36. The Morgan fingerprint density at radius 3 is 2.18 bits per heavy atom. The van der Waals surface area contributed by atoms with E-state index < -0.39 is 13.0 Å². The van der Waals surface area contributed by atoms with E-state index in [-0.39, 0.29) is 34.5 Å². The number of rotatable bonds is 5. The van der Waals surface area contributed by atoms with Crippen molar-refractivity contribution in [2.24, 2.45) is 0 Å². The van der Waals surface area contributed by atoms with Gasteiger partial charge in [0.15, 0.2) is 0 Å². The van der Waals surface area contributed by atoms with Gasteiger partial charge in [-0.15, -0.1) is 0 Å². The Morgan fingerprint density at radius 1 is 1.32 bits per heavy atom. The summed E-state index contributed by atoms with van der Waals surface area (Å²) in [7, 11) is -3.73. The lowest BCUT2D eigenvalue weighted by atomic mass is 9.90. The van der Waals surface area contributed by atoms with Crippen LogP contribution >= 0.6 is 19.8 Å². The molecule has 8 heteroatoms. The lowest BCUT2D eigenvalue weighted by molar-refractivity contribution is 0.229. The Bertz CT molecular complexity index is 691. The minimum Gasteiger partial charge on any atom is -0.443 e. The SMILES string of the molecule is CCOP(=O)(OCC)c1c(N)oc(C(C)(C)C)c(C#N)c1=S. The maximum atomic E-state index is 12.9. The number of nitrogen functional groups attached to an aromatic ring is 1. The second kappa shape index (κ2) is 6.93. The molecule has 6 nitrogen and oxygen atoms in total. The minimum atomic E-state index is -3.73. The van der Waals surface area contributed by atoms with E-state index in [0.29, 0.717) is 5.76 Å². The predicted molar refractivity (Wildman–Crippen MR) is 87.9 cm³/mol. The number of nitriles is 1. The monoisotopic (exact) mass is 344 g/mol. The molecule has 0 radical (unpaired) electrons. The molecule has 1 aromatic heterocycles. The summed E-state index contributed by atoms with van der Waals surface area (Å²) in [6.45, 7) is 9.25. The van der Waals surface area contributed by atoms with Crippen molar-refractivity contribution in [3.05, 3.63) is 15.8 Å². The third kappa shape index (κ3) is 3.58. The maximum absolute atomic E-state index is 12.9. The van der Waals surface area contributed by atoms with E-state index in [9.17, 15) is 9.83 Å². The van der Waals surface area contributed by atoms with Gasteiger partial charge in [-0.1, -0.05) is 33.0 Å². The van der Waals surface area contributed by atoms with Crippen LogP contribution in [0.1, 0.15) is 45.9 Å². The highest BCUT2D eigenvalue weighted by atomic mass is 32.1. The zero-order valence-electron chi connectivity index (χ0n) is 13.4. The Kier molecular flexibility index (Phi) is 5.94. The molecule has 0 aliphatic carbocycles. The zero-order valence-corrected chi connectivity index (χ0v) is 15.1. The van der Waals surface area contributed by atoms with Gasteiger partial charge in [0, 0.05) is 5.41 Å². The zero-order chi connectivity index (χ0) is 17.1. The van der Waals surface area contributed by atoms with Crippen molar-refractivity contribution in [1.29, 1.82) is 5.26 Å². The van der Waals surface area contributed by atoms with Gasteiger partial charge in [0.25, 0.3) is 0 Å². The molecule has 1 heterocycles. The van der Waals surface area contributed by atoms with E-state index in [1.54, 1.807) is 13.8 Å². The molecule has 0 spiro atoms. The number of nitrogens with zero attached hydrogens (tertiary/aromatic N) is 1. The van der Waals surface area contributed by atoms with Crippen LogP contribution < -0.4 is 11.0 Å². The van der Waals surface area contributed by atoms with Crippen LogP contribution in [0.15, 0.2) is 4.42 Å². The fourth-order valence-electron chi connectivity index (χ4n) is 1.94. The normalized spacial score (nSPS) is 12.2. The fourth-order valence-corrected chi connectivity index (χ4v) is 4.20. The summed E-state index contributed by atoms with van der Waals surface area (Å²) in [6.07, 6.45) is 0. The van der Waals surface area contributed by atoms with Crippen molar-refractivity contribution in [2.75, 3.05) is 18.9 Å². The average Bonchev–Trinajstić information content (AvgIpc) is 2.37. The van der Waals surface area contributed by atoms with E-state index in [0.717, 1.165) is 0 Å². The molecule has 0 aliphatic rings. The van der Waals surface area contributed by atoms with E-state index >= 15 is 0 Å². The molecule has 0 amide bonds. The molecule has 22 heavy (non-hydrogen) atoms. The standard InChI is InChI=1S/C14H21N2O4PS/c1-6-18-21(17,19-7-2)10-11(22)9(8-15)12(14(3,4)5)20-13(10)16/h6-7,16H2,1-5H3. The first kappa shape index (κ1) is 18.9. The molecule has 0 unspecified atom stereocenters. The predicted octanol–water partition coefficient (Wildman–Crippen LogP) is 3.65. The summed E-state index contributed by atoms with van der Waals surface area (Å²) < 4.78 is 29.1. The highest BCUT2D eigenvalue weighted by Crippen LogP contribution is 2.49. The van der Waals surface area contributed by atoms with Gasteiger partial charge in [-0.3, -0.25) is 4.57 Å². The van der Waals surface area contributed by atoms with Crippen LogP contribution in [0.5, 0.6) is 0 Å². The van der Waals surface area contributed by atoms with Crippen molar-refractivity contribution in [3.8, 4) is 6.07 Å². The molecule has 1 aromatic rings. The van der Waals surface area contributed by atoms with Crippen LogP contribution in [0, 0.1) is 15.8 Å². The first-order valence-corrected chi connectivity index (χ1v) is 8.84. The Morgan fingerprint density at radius 2 is 1.82 bits per heavy atom. The van der Waals surface area contributed by atoms with E-state index in [2.05, 4.69) is 0 Å². The summed E-state index contributed by atoms with van der Waals surface area (Å²) in [5, 5.41) is 9.37. The molecule has 0 saturated carbocycles. The summed E-state index contributed by atoms with van der Waals surface area (Å²) in [6, 6.07) is 2.01. The van der Waals surface area contributed by atoms with Crippen LogP contribution in [0.25, 0.3) is 0 Å². The van der Waals surface area contributed by atoms with Gasteiger partial charge in [0.1, 0.15) is 22.7 Å². The highest BCUT2D eigenvalue weighted by molar-refractivity contribution is 7.73. The average molecular weight is 344 g/mol. The smallest absolute Gasteiger partial charge is 0.368 e. The second-order valence-corrected chi connectivity index (χ2v) is 7.91. The van der Waals surface area contributed by atoms with Crippen LogP contribution in [0.4, 0.5) is 5.88 Å². The minimum absolute atomic E-state index is 0.0456. The third-order valence-electron chi connectivity index (χ3n) is 2.78. The summed E-state index contributed by atoms with van der Waals surface area (Å²) in [5.41, 5.74) is 5.57. The van der Waals surface area contributed by atoms with Crippen LogP contribution in [-0.2, 0) is 19.0 Å². The van der Waals surface area contributed by atoms with Crippen molar-refractivity contribution in [2.45, 2.75) is 40.0 Å². The Hall–Kier alpha value is -1.19. The number of hydrogen-bond donors (Lipinski definition) is 1. The summed E-state index contributed by atoms with van der Waals surface area (Å²) in [5.74, 6) is 0.208. The quantitative estimate of drug-likeness (QED) is 0.643. The third-order valence-corrected chi connectivity index (χ3v) is 5.53. The number of hydrogen-bond acceptors (Lipinski definition) is 7. The molecule has 122 valence electrons. The van der Waals surface area contributed by atoms with Gasteiger partial charge in [-0.05, 0) is 13.8 Å². The maximum Gasteiger partial charge on any atom is 0.368 e. The molecule has 1 rings (SSSR count). The first-order valence-electron chi connectivity index (χ1n) is 6.89. The molecule has 0 atom stereocenters. The van der Waals surface area contributed by atoms with Crippen molar-refractivity contribution < 1.29 is 18.0 Å².